The number of benzene rings is 4. The monoisotopic (exact) mass is 774 g/mol. The second kappa shape index (κ2) is 20.4. The molecule has 0 aliphatic rings. The van der Waals surface area contributed by atoms with Crippen molar-refractivity contribution >= 4 is 31.9 Å². The standard InChI is InChI=1S/C48H62N2O5Si/c1-34(2)56(35(3)4,48(6,7)8)55-47(54)43(32-40-27-19-12-20-28-40)50-46(53)41(30-38-23-15-10-16-24-38)33-44(51)42(31-39-25-17-11-18-26-39)49-45(52)36(5)29-37-21-13-9-14-22-37/h9-28,34-36,41-43H,29-33H2,1-8H3,(H,49,52)(H,50,53)/t36-,41+,42-,43-/m0/s1. The van der Waals surface area contributed by atoms with Gasteiger partial charge in [0.1, 0.15) is 6.04 Å². The Kier molecular flexibility index (Phi) is 16.0. The van der Waals surface area contributed by atoms with E-state index in [4.69, 9.17) is 4.43 Å². The van der Waals surface area contributed by atoms with E-state index in [1.165, 1.54) is 0 Å². The first kappa shape index (κ1) is 43.9. The van der Waals surface area contributed by atoms with Crippen LogP contribution in [0.3, 0.4) is 0 Å². The van der Waals surface area contributed by atoms with Crippen LogP contribution in [0, 0.1) is 11.8 Å². The molecule has 2 amide bonds. The highest BCUT2D eigenvalue weighted by atomic mass is 28.4. The minimum atomic E-state index is -2.76. The lowest BCUT2D eigenvalue weighted by Crippen LogP contribution is -2.57. The van der Waals surface area contributed by atoms with Gasteiger partial charge in [-0.1, -0.05) is 177 Å². The van der Waals surface area contributed by atoms with Crippen molar-refractivity contribution < 1.29 is 23.6 Å². The number of rotatable bonds is 19. The quantitative estimate of drug-likeness (QED) is 0.0926. The van der Waals surface area contributed by atoms with Crippen LogP contribution in [0.25, 0.3) is 0 Å². The third kappa shape index (κ3) is 12.1. The molecule has 0 saturated heterocycles. The third-order valence-electron chi connectivity index (χ3n) is 11.0. The van der Waals surface area contributed by atoms with Crippen molar-refractivity contribution in [2.24, 2.45) is 11.8 Å². The van der Waals surface area contributed by atoms with Crippen LogP contribution in [-0.4, -0.2) is 44.0 Å². The molecule has 0 radical (unpaired) electrons. The van der Waals surface area contributed by atoms with E-state index in [0.29, 0.717) is 6.42 Å². The first-order valence-electron chi connectivity index (χ1n) is 20.1. The van der Waals surface area contributed by atoms with Crippen LogP contribution in [0.4, 0.5) is 0 Å². The molecule has 0 fully saturated rings. The molecule has 8 heteroatoms. The molecule has 0 saturated carbocycles. The number of carbonyl (C=O) groups excluding carboxylic acids is 4. The molecule has 0 heterocycles. The highest BCUT2D eigenvalue weighted by molar-refractivity contribution is 6.80. The summed E-state index contributed by atoms with van der Waals surface area (Å²) in [6, 6.07) is 36.8. The highest BCUT2D eigenvalue weighted by Crippen LogP contribution is 2.51. The summed E-state index contributed by atoms with van der Waals surface area (Å²) < 4.78 is 6.72. The van der Waals surface area contributed by atoms with E-state index in [-0.39, 0.29) is 59.4 Å². The highest BCUT2D eigenvalue weighted by Gasteiger charge is 2.55. The summed E-state index contributed by atoms with van der Waals surface area (Å²) in [5, 5.41) is 5.88. The SMILES string of the molecule is CC(C)[Si](OC(=O)[C@H](Cc1ccccc1)NC(=O)[C@@H](CC(=O)[C@H](Cc1ccccc1)NC(=O)[C@@H](C)Cc1ccccc1)Cc1ccccc1)(C(C)C)C(C)(C)C. The number of hydrogen-bond donors (Lipinski definition) is 2. The van der Waals surface area contributed by atoms with Gasteiger partial charge in [0.25, 0.3) is 8.32 Å². The summed E-state index contributed by atoms with van der Waals surface area (Å²) in [4.78, 5) is 57.1. The molecule has 4 atom stereocenters. The van der Waals surface area contributed by atoms with Gasteiger partial charge in [0.2, 0.25) is 11.8 Å². The van der Waals surface area contributed by atoms with Crippen molar-refractivity contribution in [3.63, 3.8) is 0 Å². The van der Waals surface area contributed by atoms with Gasteiger partial charge in [-0.2, -0.15) is 0 Å². The van der Waals surface area contributed by atoms with Gasteiger partial charge in [-0.3, -0.25) is 19.2 Å². The van der Waals surface area contributed by atoms with E-state index in [1.54, 1.807) is 0 Å². The van der Waals surface area contributed by atoms with Crippen molar-refractivity contribution in [3.05, 3.63) is 144 Å². The molecule has 0 unspecified atom stereocenters. The van der Waals surface area contributed by atoms with Crippen molar-refractivity contribution in [1.82, 2.24) is 10.6 Å². The zero-order chi connectivity index (χ0) is 40.9. The second-order valence-electron chi connectivity index (χ2n) is 16.9. The maximum atomic E-state index is 14.6. The number of ketones is 1. The molecule has 4 rings (SSSR count). The number of nitrogens with one attached hydrogen (secondary N) is 2. The summed E-state index contributed by atoms with van der Waals surface area (Å²) in [6.07, 6.45) is 1.21. The molecule has 0 bridgehead atoms. The lowest BCUT2D eigenvalue weighted by molar-refractivity contribution is -0.141. The predicted octanol–water partition coefficient (Wildman–Crippen LogP) is 9.25. The molecule has 7 nitrogen and oxygen atoms in total. The van der Waals surface area contributed by atoms with E-state index in [0.717, 1.165) is 22.3 Å². The van der Waals surface area contributed by atoms with E-state index in [2.05, 4.69) is 59.1 Å². The molecule has 0 aliphatic carbocycles. The molecule has 4 aromatic rings. The lowest BCUT2D eigenvalue weighted by Gasteiger charge is -2.47. The van der Waals surface area contributed by atoms with Crippen LogP contribution < -0.4 is 10.6 Å². The Bertz CT molecular complexity index is 1830. The van der Waals surface area contributed by atoms with Crippen LogP contribution in [0.2, 0.25) is 16.1 Å². The fraction of sp³-hybridized carbons (Fsp3) is 0.417. The average molecular weight is 775 g/mol. The molecule has 0 aliphatic heterocycles. The Labute approximate surface area is 336 Å². The van der Waals surface area contributed by atoms with Gasteiger partial charge < -0.3 is 15.1 Å². The van der Waals surface area contributed by atoms with E-state index in [9.17, 15) is 19.2 Å². The summed E-state index contributed by atoms with van der Waals surface area (Å²) >= 11 is 0. The maximum Gasteiger partial charge on any atom is 0.315 e. The fourth-order valence-electron chi connectivity index (χ4n) is 8.37. The predicted molar refractivity (Wildman–Crippen MR) is 228 cm³/mol. The fourth-order valence-corrected chi connectivity index (χ4v) is 14.4. The Balaban J connectivity index is 1.65. The minimum Gasteiger partial charge on any atom is -0.516 e. The Hall–Kier alpha value is -4.82. The summed E-state index contributed by atoms with van der Waals surface area (Å²) in [5.74, 6) is -2.51. The van der Waals surface area contributed by atoms with Crippen LogP contribution in [0.5, 0.6) is 0 Å². The Morgan fingerprint density at radius 3 is 1.32 bits per heavy atom. The van der Waals surface area contributed by atoms with Gasteiger partial charge in [-0.15, -0.1) is 0 Å². The minimum absolute atomic E-state index is 0.128. The second-order valence-corrected chi connectivity index (χ2v) is 22.5. The van der Waals surface area contributed by atoms with Gasteiger partial charge in [-0.25, -0.2) is 0 Å². The molecular weight excluding hydrogens is 713 g/mol. The van der Waals surface area contributed by atoms with Crippen LogP contribution in [-0.2, 0) is 49.3 Å². The molecular formula is C48H62N2O5Si. The van der Waals surface area contributed by atoms with Gasteiger partial charge in [0.15, 0.2) is 5.78 Å². The van der Waals surface area contributed by atoms with Crippen molar-refractivity contribution in [2.75, 3.05) is 0 Å². The van der Waals surface area contributed by atoms with E-state index in [1.807, 2.05) is 128 Å². The molecule has 0 aromatic heterocycles. The first-order chi connectivity index (χ1) is 26.6. The number of Topliss-reactive ketones (excluding diaryl/α,β-unsaturated/α-hetero) is 1. The zero-order valence-electron chi connectivity index (χ0n) is 34.6. The van der Waals surface area contributed by atoms with Crippen molar-refractivity contribution in [3.8, 4) is 0 Å². The molecule has 298 valence electrons. The smallest absolute Gasteiger partial charge is 0.315 e. The van der Waals surface area contributed by atoms with Gasteiger partial charge in [0, 0.05) is 24.7 Å². The first-order valence-corrected chi connectivity index (χ1v) is 22.2. The molecule has 56 heavy (non-hydrogen) atoms. The Morgan fingerprint density at radius 2 is 0.911 bits per heavy atom. The lowest BCUT2D eigenvalue weighted by atomic mass is 9.89. The number of carbonyl (C=O) groups is 4. The third-order valence-corrected chi connectivity index (χ3v) is 17.3. The number of hydrogen-bond acceptors (Lipinski definition) is 5. The van der Waals surface area contributed by atoms with Crippen LogP contribution in [0.1, 0.15) is 84.1 Å². The van der Waals surface area contributed by atoms with Gasteiger partial charge in [-0.05, 0) is 57.6 Å². The van der Waals surface area contributed by atoms with Crippen LogP contribution in [0.15, 0.2) is 121 Å². The van der Waals surface area contributed by atoms with E-state index < -0.39 is 38.2 Å². The molecule has 4 aromatic carbocycles. The normalized spacial score (nSPS) is 14.0. The average Bonchev–Trinajstić information content (AvgIpc) is 3.16. The maximum absolute atomic E-state index is 14.6. The molecule has 2 N–H and O–H groups in total. The van der Waals surface area contributed by atoms with Crippen molar-refractivity contribution in [2.45, 2.75) is 116 Å². The van der Waals surface area contributed by atoms with Gasteiger partial charge >= 0.3 is 5.97 Å². The molecule has 0 spiro atoms. The zero-order valence-corrected chi connectivity index (χ0v) is 35.6. The summed E-state index contributed by atoms with van der Waals surface area (Å²) in [5.41, 5.74) is 3.98. The number of amides is 2. The topological polar surface area (TPSA) is 102 Å². The largest absolute Gasteiger partial charge is 0.516 e. The summed E-state index contributed by atoms with van der Waals surface area (Å²) in [6.45, 7) is 16.8. The van der Waals surface area contributed by atoms with Crippen molar-refractivity contribution in [1.29, 1.82) is 0 Å². The van der Waals surface area contributed by atoms with Crippen LogP contribution >= 0.6 is 0 Å². The Morgan fingerprint density at radius 1 is 0.536 bits per heavy atom. The van der Waals surface area contributed by atoms with E-state index >= 15 is 0 Å². The summed E-state index contributed by atoms with van der Waals surface area (Å²) in [7, 11) is -2.76. The van der Waals surface area contributed by atoms with Gasteiger partial charge in [0.05, 0.1) is 6.04 Å².